The maximum atomic E-state index is 2.48. The van der Waals surface area contributed by atoms with Gasteiger partial charge in [0.1, 0.15) is 0 Å². The van der Waals surface area contributed by atoms with Crippen LogP contribution in [0.1, 0.15) is 105 Å². The van der Waals surface area contributed by atoms with Gasteiger partial charge in [0, 0.05) is 0 Å². The summed E-state index contributed by atoms with van der Waals surface area (Å²) in [5, 5.41) is 10.4. The van der Waals surface area contributed by atoms with Crippen molar-refractivity contribution in [2.24, 2.45) is 0 Å². The monoisotopic (exact) mass is 806 g/mol. The van der Waals surface area contributed by atoms with Crippen molar-refractivity contribution < 1.29 is 0 Å². The molecule has 0 saturated carbocycles. The summed E-state index contributed by atoms with van der Waals surface area (Å²) in [5.74, 6) is 0. The number of fused-ring (bicyclic) bond motifs is 6. The molecule has 0 atom stereocenters. The zero-order valence-corrected chi connectivity index (χ0v) is 39.0. The maximum Gasteiger partial charge on any atom is -0.00202 e. The lowest BCUT2D eigenvalue weighted by Gasteiger charge is -2.26. The molecule has 310 valence electrons. The van der Waals surface area contributed by atoms with E-state index in [0.717, 1.165) is 0 Å². The van der Waals surface area contributed by atoms with Crippen molar-refractivity contribution in [3.05, 3.63) is 180 Å². The van der Waals surface area contributed by atoms with Crippen LogP contribution in [0.25, 0.3) is 87.6 Å². The van der Waals surface area contributed by atoms with Gasteiger partial charge < -0.3 is 0 Å². The highest BCUT2D eigenvalue weighted by atomic mass is 14.3. The highest BCUT2D eigenvalue weighted by Crippen LogP contribution is 2.50. The second kappa shape index (κ2) is 14.8. The Morgan fingerprint density at radius 1 is 0.210 bits per heavy atom. The molecular weight excluding hydrogens is 745 g/mol. The molecule has 0 fully saturated rings. The van der Waals surface area contributed by atoms with E-state index in [4.69, 9.17) is 0 Å². The lowest BCUT2D eigenvalue weighted by molar-refractivity contribution is 0.590. The van der Waals surface area contributed by atoms with E-state index in [-0.39, 0.29) is 21.7 Å². The van der Waals surface area contributed by atoms with Crippen LogP contribution in [0, 0.1) is 0 Å². The molecule has 0 aromatic heterocycles. The second-order valence-electron chi connectivity index (χ2n) is 21.9. The molecule has 0 aliphatic heterocycles. The molecule has 0 radical (unpaired) electrons. The molecule has 9 rings (SSSR count). The fourth-order valence-electron chi connectivity index (χ4n) is 9.56. The van der Waals surface area contributed by atoms with Gasteiger partial charge in [-0.3, -0.25) is 0 Å². The Labute approximate surface area is 370 Å². The molecule has 0 N–H and O–H groups in total. The normalized spacial score (nSPS) is 12.8. The third-order valence-corrected chi connectivity index (χ3v) is 13.3. The first kappa shape index (κ1) is 41.4. The summed E-state index contributed by atoms with van der Waals surface area (Å²) in [4.78, 5) is 0. The van der Waals surface area contributed by atoms with E-state index in [9.17, 15) is 0 Å². The minimum atomic E-state index is -0.00296. The Morgan fingerprint density at radius 2 is 0.419 bits per heavy atom. The molecule has 0 heteroatoms. The highest BCUT2D eigenvalue weighted by Gasteiger charge is 2.26. The molecule has 0 unspecified atom stereocenters. The number of benzene rings is 9. The van der Waals surface area contributed by atoms with E-state index >= 15 is 0 Å². The Bertz CT molecular complexity index is 2930. The molecule has 0 amide bonds. The molecule has 9 aromatic rings. The lowest BCUT2D eigenvalue weighted by Crippen LogP contribution is -2.11. The van der Waals surface area contributed by atoms with Gasteiger partial charge in [0.15, 0.2) is 0 Å². The van der Waals surface area contributed by atoms with Crippen LogP contribution >= 0.6 is 0 Å². The number of hydrogen-bond donors (Lipinski definition) is 0. The van der Waals surface area contributed by atoms with E-state index < -0.39 is 0 Å². The molecule has 0 aliphatic carbocycles. The average molecular weight is 807 g/mol. The summed E-state index contributed by atoms with van der Waals surface area (Å²) in [5.41, 5.74) is 15.5. The molecule has 62 heavy (non-hydrogen) atoms. The van der Waals surface area contributed by atoms with Crippen LogP contribution in [-0.2, 0) is 21.7 Å². The van der Waals surface area contributed by atoms with E-state index in [1.165, 1.54) is 110 Å². The molecule has 0 saturated heterocycles. The molecular formula is C62H62. The summed E-state index contributed by atoms with van der Waals surface area (Å²) in [6.45, 7) is 27.9. The van der Waals surface area contributed by atoms with Crippen LogP contribution in [-0.4, -0.2) is 0 Å². The van der Waals surface area contributed by atoms with Crippen molar-refractivity contribution in [1.82, 2.24) is 0 Å². The van der Waals surface area contributed by atoms with Crippen LogP contribution in [0.3, 0.4) is 0 Å². The Hall–Kier alpha value is -5.98. The van der Waals surface area contributed by atoms with Gasteiger partial charge in [0.05, 0.1) is 0 Å². The fourth-order valence-corrected chi connectivity index (χ4v) is 9.56. The minimum absolute atomic E-state index is 0.00296. The first-order chi connectivity index (χ1) is 29.3. The second-order valence-corrected chi connectivity index (χ2v) is 21.9. The van der Waals surface area contributed by atoms with Gasteiger partial charge >= 0.3 is 0 Å². The lowest BCUT2D eigenvalue weighted by atomic mass is 9.78. The summed E-state index contributed by atoms with van der Waals surface area (Å²) in [6, 6.07) is 60.6. The summed E-state index contributed by atoms with van der Waals surface area (Å²) in [6.07, 6.45) is 0. The van der Waals surface area contributed by atoms with Gasteiger partial charge in [-0.15, -0.1) is 0 Å². The quantitative estimate of drug-likeness (QED) is 0.155. The first-order valence-electron chi connectivity index (χ1n) is 22.6. The van der Waals surface area contributed by atoms with E-state index in [2.05, 4.69) is 241 Å². The van der Waals surface area contributed by atoms with Crippen LogP contribution < -0.4 is 0 Å². The first-order valence-corrected chi connectivity index (χ1v) is 22.6. The largest absolute Gasteiger partial charge is 0.0622 e. The molecule has 0 spiro atoms. The van der Waals surface area contributed by atoms with Gasteiger partial charge in [-0.05, 0) is 156 Å². The summed E-state index contributed by atoms with van der Waals surface area (Å²) >= 11 is 0. The number of hydrogen-bond acceptors (Lipinski definition) is 0. The van der Waals surface area contributed by atoms with Crippen LogP contribution in [0.15, 0.2) is 158 Å². The predicted octanol–water partition coefficient (Wildman–Crippen LogP) is 18.2. The summed E-state index contributed by atoms with van der Waals surface area (Å²) < 4.78 is 0. The third kappa shape index (κ3) is 7.32. The Morgan fingerprint density at radius 3 is 0.629 bits per heavy atom. The molecule has 0 aliphatic rings. The van der Waals surface area contributed by atoms with Crippen molar-refractivity contribution in [2.75, 3.05) is 0 Å². The van der Waals surface area contributed by atoms with Gasteiger partial charge in [-0.1, -0.05) is 217 Å². The minimum Gasteiger partial charge on any atom is -0.0622 e. The van der Waals surface area contributed by atoms with Gasteiger partial charge in [0.2, 0.25) is 0 Å². The molecule has 0 heterocycles. The van der Waals surface area contributed by atoms with Gasteiger partial charge in [-0.2, -0.15) is 0 Å². The van der Waals surface area contributed by atoms with E-state index in [0.29, 0.717) is 0 Å². The molecule has 0 nitrogen and oxygen atoms in total. The predicted molar refractivity (Wildman–Crippen MR) is 273 cm³/mol. The third-order valence-electron chi connectivity index (χ3n) is 13.3. The van der Waals surface area contributed by atoms with Crippen molar-refractivity contribution >= 4 is 43.1 Å². The van der Waals surface area contributed by atoms with E-state index in [1.807, 2.05) is 0 Å². The topological polar surface area (TPSA) is 0 Å². The zero-order chi connectivity index (χ0) is 43.9. The standard InChI is InChI=1S/C62H62/c1-59(2,3)43-27-31-47-49-33-29-45(61(7,8)9)37-53(49)57(55(51(47)35-43)39-19-15-13-16-20-39)41-23-25-42(26-24-41)58-54-38-46(62(10,11)12)30-34-50(54)48-32-28-44(60(4,5)6)36-52(48)56(58)40-21-17-14-18-22-40/h13-38H,1-12H3. The van der Waals surface area contributed by atoms with Crippen LogP contribution in [0.2, 0.25) is 0 Å². The molecule has 0 bridgehead atoms. The van der Waals surface area contributed by atoms with Crippen LogP contribution in [0.5, 0.6) is 0 Å². The highest BCUT2D eigenvalue weighted by molar-refractivity contribution is 6.23. The fraction of sp³-hybridized carbons (Fsp3) is 0.258. The smallest absolute Gasteiger partial charge is 0.00202 e. The van der Waals surface area contributed by atoms with Crippen molar-refractivity contribution in [1.29, 1.82) is 0 Å². The zero-order valence-electron chi connectivity index (χ0n) is 39.0. The SMILES string of the molecule is CC(C)(C)c1ccc2c(c1)c(-c1ccccc1)c(-c1ccc(-c3c(-c4ccccc4)c4cc(C(C)(C)C)ccc4c4ccc(C(C)(C)C)cc34)cc1)c1cc(C(C)(C)C)ccc12. The van der Waals surface area contributed by atoms with Gasteiger partial charge in [0.25, 0.3) is 0 Å². The van der Waals surface area contributed by atoms with Crippen molar-refractivity contribution in [2.45, 2.75) is 105 Å². The van der Waals surface area contributed by atoms with Crippen LogP contribution in [0.4, 0.5) is 0 Å². The Kier molecular flexibility index (Phi) is 9.90. The maximum absolute atomic E-state index is 2.48. The van der Waals surface area contributed by atoms with Crippen molar-refractivity contribution in [3.63, 3.8) is 0 Å². The Balaban J connectivity index is 1.40. The number of rotatable bonds is 4. The van der Waals surface area contributed by atoms with Gasteiger partial charge in [-0.25, -0.2) is 0 Å². The molecule has 9 aromatic carbocycles. The van der Waals surface area contributed by atoms with Crippen molar-refractivity contribution in [3.8, 4) is 44.5 Å². The van der Waals surface area contributed by atoms with E-state index in [1.54, 1.807) is 0 Å². The summed E-state index contributed by atoms with van der Waals surface area (Å²) in [7, 11) is 0. The average Bonchev–Trinajstić information content (AvgIpc) is 3.24.